The molecule has 2 amide bonds. The highest BCUT2D eigenvalue weighted by Gasteiger charge is 2.40. The molecule has 0 spiro atoms. The van der Waals surface area contributed by atoms with E-state index in [1.54, 1.807) is 29.4 Å². The molecule has 0 saturated carbocycles. The molecule has 8 heteroatoms. The Labute approximate surface area is 189 Å². The molecule has 160 valence electrons. The molecule has 4 aromatic rings. The van der Waals surface area contributed by atoms with Crippen molar-refractivity contribution in [2.75, 3.05) is 10.2 Å². The highest BCUT2D eigenvalue weighted by molar-refractivity contribution is 6.31. The Morgan fingerprint density at radius 2 is 2.00 bits per heavy atom. The normalized spacial score (nSPS) is 15.2. The summed E-state index contributed by atoms with van der Waals surface area (Å²) in [6.45, 7) is 2.23. The van der Waals surface area contributed by atoms with Gasteiger partial charge < -0.3 is 5.32 Å². The van der Waals surface area contributed by atoms with Crippen LogP contribution in [0.1, 0.15) is 23.6 Å². The van der Waals surface area contributed by atoms with Crippen LogP contribution in [0.5, 0.6) is 0 Å². The van der Waals surface area contributed by atoms with E-state index in [0.29, 0.717) is 23.2 Å². The largest absolute Gasteiger partial charge is 0.326 e. The fourth-order valence-corrected chi connectivity index (χ4v) is 4.16. The van der Waals surface area contributed by atoms with Gasteiger partial charge in [0.25, 0.3) is 5.91 Å². The number of carbonyl (C=O) groups excluding carboxylic acids is 2. The van der Waals surface area contributed by atoms with Gasteiger partial charge in [-0.25, -0.2) is 4.98 Å². The highest BCUT2D eigenvalue weighted by Crippen LogP contribution is 2.37. The zero-order chi connectivity index (χ0) is 22.2. The molecule has 1 atom stereocenters. The Kier molecular flexibility index (Phi) is 5.11. The van der Waals surface area contributed by atoms with Gasteiger partial charge >= 0.3 is 0 Å². The number of aryl methyl sites for hydroxylation is 1. The lowest BCUT2D eigenvalue weighted by molar-refractivity contribution is -0.124. The summed E-state index contributed by atoms with van der Waals surface area (Å²) in [5, 5.41) is 3.43. The van der Waals surface area contributed by atoms with Gasteiger partial charge in [0, 0.05) is 23.1 Å². The summed E-state index contributed by atoms with van der Waals surface area (Å²) < 4.78 is 1.86. The van der Waals surface area contributed by atoms with Crippen molar-refractivity contribution in [3.63, 3.8) is 0 Å². The molecule has 0 bridgehead atoms. The zero-order valence-electron chi connectivity index (χ0n) is 17.3. The van der Waals surface area contributed by atoms with E-state index >= 15 is 0 Å². The number of halogens is 1. The fraction of sp³-hybridized carbons (Fsp3) is 0.167. The number of aromatic nitrogens is 3. The first-order valence-corrected chi connectivity index (χ1v) is 10.6. The van der Waals surface area contributed by atoms with Gasteiger partial charge in [-0.2, -0.15) is 0 Å². The van der Waals surface area contributed by atoms with Crippen molar-refractivity contribution < 1.29 is 9.59 Å². The van der Waals surface area contributed by atoms with Crippen LogP contribution >= 0.6 is 11.6 Å². The van der Waals surface area contributed by atoms with Crippen LogP contribution in [0.2, 0.25) is 5.02 Å². The maximum Gasteiger partial charge on any atom is 0.253 e. The SMILES string of the molecule is Cc1ccc(NC(=O)CC2C(=O)N(Cc3cccnc3)c3nc4ccccc4n32)cc1Cl. The van der Waals surface area contributed by atoms with Crippen molar-refractivity contribution in [1.82, 2.24) is 14.5 Å². The predicted octanol–water partition coefficient (Wildman–Crippen LogP) is 4.51. The second-order valence-corrected chi connectivity index (χ2v) is 8.20. The van der Waals surface area contributed by atoms with Crippen molar-refractivity contribution >= 4 is 46.1 Å². The van der Waals surface area contributed by atoms with Crippen LogP contribution in [0.25, 0.3) is 11.0 Å². The van der Waals surface area contributed by atoms with Gasteiger partial charge in [-0.05, 0) is 48.4 Å². The molecule has 2 aromatic carbocycles. The summed E-state index contributed by atoms with van der Waals surface area (Å²) in [6, 6.07) is 16.0. The van der Waals surface area contributed by atoms with Gasteiger partial charge in [-0.15, -0.1) is 0 Å². The third-order valence-electron chi connectivity index (χ3n) is 5.58. The molecule has 0 saturated heterocycles. The van der Waals surface area contributed by atoms with Crippen LogP contribution in [-0.2, 0) is 16.1 Å². The summed E-state index contributed by atoms with van der Waals surface area (Å²) >= 11 is 6.17. The van der Waals surface area contributed by atoms with Crippen LogP contribution < -0.4 is 10.2 Å². The summed E-state index contributed by atoms with van der Waals surface area (Å²) in [5.74, 6) is 0.102. The summed E-state index contributed by atoms with van der Waals surface area (Å²) in [6.07, 6.45) is 3.40. The van der Waals surface area contributed by atoms with E-state index in [1.165, 1.54) is 0 Å². The van der Waals surface area contributed by atoms with Crippen LogP contribution in [0.15, 0.2) is 67.0 Å². The molecule has 7 nitrogen and oxygen atoms in total. The molecule has 0 radical (unpaired) electrons. The number of rotatable bonds is 5. The van der Waals surface area contributed by atoms with E-state index in [0.717, 1.165) is 22.2 Å². The maximum absolute atomic E-state index is 13.4. The molecular formula is C24H20ClN5O2. The topological polar surface area (TPSA) is 80.1 Å². The Hall–Kier alpha value is -3.71. The highest BCUT2D eigenvalue weighted by atomic mass is 35.5. The van der Waals surface area contributed by atoms with Gasteiger partial charge in [0.15, 0.2) is 0 Å². The number of amides is 2. The lowest BCUT2D eigenvalue weighted by Crippen LogP contribution is -2.31. The van der Waals surface area contributed by atoms with Crippen molar-refractivity contribution in [3.05, 3.63) is 83.1 Å². The van der Waals surface area contributed by atoms with Gasteiger partial charge in [0.2, 0.25) is 11.9 Å². The van der Waals surface area contributed by atoms with Crippen LogP contribution in [-0.4, -0.2) is 26.3 Å². The first-order valence-electron chi connectivity index (χ1n) is 10.2. The molecule has 1 N–H and O–H groups in total. The molecule has 1 aliphatic heterocycles. The average Bonchev–Trinajstić information content (AvgIpc) is 3.28. The third-order valence-corrected chi connectivity index (χ3v) is 5.99. The van der Waals surface area contributed by atoms with E-state index in [4.69, 9.17) is 11.6 Å². The molecule has 2 aromatic heterocycles. The number of carbonyl (C=O) groups is 2. The monoisotopic (exact) mass is 445 g/mol. The number of pyridine rings is 1. The first kappa shape index (κ1) is 20.2. The molecule has 5 rings (SSSR count). The number of hydrogen-bond acceptors (Lipinski definition) is 4. The molecule has 1 aliphatic rings. The number of imidazole rings is 1. The van der Waals surface area contributed by atoms with Gasteiger partial charge in [-0.1, -0.05) is 35.9 Å². The number of nitrogens with one attached hydrogen (secondary N) is 1. The van der Waals surface area contributed by atoms with Crippen molar-refractivity contribution in [2.45, 2.75) is 25.9 Å². The van der Waals surface area contributed by atoms with Crippen LogP contribution in [0.3, 0.4) is 0 Å². The Balaban J connectivity index is 1.46. The van der Waals surface area contributed by atoms with Crippen LogP contribution in [0.4, 0.5) is 11.6 Å². The fourth-order valence-electron chi connectivity index (χ4n) is 3.98. The smallest absolute Gasteiger partial charge is 0.253 e. The standard InChI is InChI=1S/C24H20ClN5O2/c1-15-8-9-17(11-18(15)25)27-22(31)12-21-23(32)29(14-16-5-4-10-26-13-16)24-28-19-6-2-3-7-20(19)30(21)24/h2-11,13,21H,12,14H2,1H3,(H,27,31). The summed E-state index contributed by atoms with van der Waals surface area (Å²) in [7, 11) is 0. The minimum Gasteiger partial charge on any atom is -0.326 e. The molecule has 0 fully saturated rings. The quantitative estimate of drug-likeness (QED) is 0.490. The van der Waals surface area contributed by atoms with E-state index in [-0.39, 0.29) is 18.2 Å². The van der Waals surface area contributed by atoms with E-state index in [2.05, 4.69) is 15.3 Å². The predicted molar refractivity (Wildman–Crippen MR) is 124 cm³/mol. The minimum atomic E-state index is -0.685. The number of nitrogens with zero attached hydrogens (tertiary/aromatic N) is 4. The molecule has 32 heavy (non-hydrogen) atoms. The van der Waals surface area contributed by atoms with E-state index in [1.807, 2.05) is 54.0 Å². The first-order chi connectivity index (χ1) is 15.5. The Bertz CT molecular complexity index is 1330. The molecule has 3 heterocycles. The molecule has 1 unspecified atom stereocenters. The second kappa shape index (κ2) is 8.09. The van der Waals surface area contributed by atoms with Gasteiger partial charge in [-0.3, -0.25) is 24.0 Å². The maximum atomic E-state index is 13.4. The zero-order valence-corrected chi connectivity index (χ0v) is 18.1. The lowest BCUT2D eigenvalue weighted by Gasteiger charge is -2.16. The van der Waals surface area contributed by atoms with Gasteiger partial charge in [0.05, 0.1) is 24.0 Å². The number of benzene rings is 2. The summed E-state index contributed by atoms with van der Waals surface area (Å²) in [5.41, 5.74) is 4.01. The molecular weight excluding hydrogens is 426 g/mol. The number of para-hydroxylation sites is 2. The minimum absolute atomic E-state index is 0.0127. The van der Waals surface area contributed by atoms with E-state index in [9.17, 15) is 9.59 Å². The van der Waals surface area contributed by atoms with Gasteiger partial charge in [0.1, 0.15) is 6.04 Å². The van der Waals surface area contributed by atoms with Crippen LogP contribution in [0, 0.1) is 6.92 Å². The van der Waals surface area contributed by atoms with Crippen molar-refractivity contribution in [2.24, 2.45) is 0 Å². The number of fused-ring (bicyclic) bond motifs is 3. The second-order valence-electron chi connectivity index (χ2n) is 7.79. The third kappa shape index (κ3) is 3.61. The molecule has 0 aliphatic carbocycles. The number of anilines is 2. The lowest BCUT2D eigenvalue weighted by atomic mass is 10.1. The Morgan fingerprint density at radius 3 is 2.78 bits per heavy atom. The summed E-state index contributed by atoms with van der Waals surface area (Å²) in [4.78, 5) is 36.7. The number of hydrogen-bond donors (Lipinski definition) is 1. The van der Waals surface area contributed by atoms with Crippen molar-refractivity contribution in [3.8, 4) is 0 Å². The Morgan fingerprint density at radius 1 is 1.16 bits per heavy atom. The van der Waals surface area contributed by atoms with E-state index < -0.39 is 6.04 Å². The average molecular weight is 446 g/mol. The van der Waals surface area contributed by atoms with Crippen molar-refractivity contribution in [1.29, 1.82) is 0 Å².